The third-order valence-corrected chi connectivity index (χ3v) is 1.66. The van der Waals surface area contributed by atoms with Gasteiger partial charge in [-0.15, -0.1) is 0 Å². The number of carbonyl (C=O) groups excluding carboxylic acids is 1. The van der Waals surface area contributed by atoms with Crippen LogP contribution >= 0.6 is 0 Å². The highest BCUT2D eigenvalue weighted by Gasteiger charge is 2.33. The molecule has 2 N–H and O–H groups in total. The summed E-state index contributed by atoms with van der Waals surface area (Å²) >= 11 is 0. The van der Waals surface area contributed by atoms with Crippen molar-refractivity contribution in [3.05, 3.63) is 0 Å². The van der Waals surface area contributed by atoms with Gasteiger partial charge < -0.3 is 10.6 Å². The molecule has 0 spiro atoms. The maximum absolute atomic E-state index is 12.1. The molecule has 0 unspecified atom stereocenters. The van der Waals surface area contributed by atoms with Gasteiger partial charge >= 0.3 is 6.18 Å². The maximum atomic E-state index is 12.1. The fourth-order valence-electron chi connectivity index (χ4n) is 1.18. The van der Waals surface area contributed by atoms with E-state index in [4.69, 9.17) is 5.73 Å². The summed E-state index contributed by atoms with van der Waals surface area (Å²) < 4.78 is 36.4. The normalized spacial score (nSPS) is 14.1. The Hall–Kier alpha value is -0.780. The standard InChI is InChI=1S/C9H17F3N2O/c1-6(2)4-14(5-9(10,11)12)8(15)7(3)13/h6-7H,4-5,13H2,1-3H3/t7-/m0/s1. The van der Waals surface area contributed by atoms with Crippen molar-refractivity contribution in [2.45, 2.75) is 33.0 Å². The fourth-order valence-corrected chi connectivity index (χ4v) is 1.18. The Labute approximate surface area is 87.4 Å². The number of nitrogens with two attached hydrogens (primary N) is 1. The van der Waals surface area contributed by atoms with Crippen LogP contribution in [-0.2, 0) is 4.79 Å². The Kier molecular flexibility index (Phi) is 5.07. The smallest absolute Gasteiger partial charge is 0.332 e. The predicted molar refractivity (Wildman–Crippen MR) is 51.1 cm³/mol. The molecule has 1 atom stereocenters. The maximum Gasteiger partial charge on any atom is 0.406 e. The first kappa shape index (κ1) is 14.2. The van der Waals surface area contributed by atoms with Crippen molar-refractivity contribution in [3.8, 4) is 0 Å². The van der Waals surface area contributed by atoms with Crippen LogP contribution in [0.15, 0.2) is 0 Å². The van der Waals surface area contributed by atoms with Crippen molar-refractivity contribution in [3.63, 3.8) is 0 Å². The summed E-state index contributed by atoms with van der Waals surface area (Å²) in [5.41, 5.74) is 5.27. The molecule has 0 aromatic rings. The second kappa shape index (κ2) is 5.34. The zero-order valence-electron chi connectivity index (χ0n) is 9.14. The molecule has 0 saturated carbocycles. The summed E-state index contributed by atoms with van der Waals surface area (Å²) in [6, 6.07) is -0.897. The van der Waals surface area contributed by atoms with E-state index < -0.39 is 24.7 Å². The van der Waals surface area contributed by atoms with Crippen LogP contribution in [0.1, 0.15) is 20.8 Å². The summed E-state index contributed by atoms with van der Waals surface area (Å²) in [5, 5.41) is 0. The summed E-state index contributed by atoms with van der Waals surface area (Å²) in [5.74, 6) is -0.684. The molecule has 0 aliphatic carbocycles. The first-order valence-corrected chi connectivity index (χ1v) is 4.74. The minimum absolute atomic E-state index is 0.0185. The topological polar surface area (TPSA) is 46.3 Å². The summed E-state index contributed by atoms with van der Waals surface area (Å²) in [6.45, 7) is 3.72. The number of alkyl halides is 3. The highest BCUT2D eigenvalue weighted by atomic mass is 19.4. The Morgan fingerprint density at radius 1 is 1.33 bits per heavy atom. The van der Waals surface area contributed by atoms with E-state index in [-0.39, 0.29) is 12.5 Å². The summed E-state index contributed by atoms with van der Waals surface area (Å²) in [6.07, 6.45) is -4.38. The highest BCUT2D eigenvalue weighted by molar-refractivity contribution is 5.81. The predicted octanol–water partition coefficient (Wildman–Crippen LogP) is 1.38. The van der Waals surface area contributed by atoms with Crippen LogP contribution in [0.4, 0.5) is 13.2 Å². The molecule has 0 saturated heterocycles. The monoisotopic (exact) mass is 226 g/mol. The molecule has 0 fully saturated rings. The van der Waals surface area contributed by atoms with Gasteiger partial charge in [-0.05, 0) is 12.8 Å². The molecule has 3 nitrogen and oxygen atoms in total. The molecular weight excluding hydrogens is 209 g/mol. The van der Waals surface area contributed by atoms with Crippen molar-refractivity contribution in [1.29, 1.82) is 0 Å². The van der Waals surface area contributed by atoms with Gasteiger partial charge in [0.1, 0.15) is 6.54 Å². The molecule has 0 aromatic heterocycles. The van der Waals surface area contributed by atoms with Crippen LogP contribution in [0.25, 0.3) is 0 Å². The van der Waals surface area contributed by atoms with Gasteiger partial charge in [-0.25, -0.2) is 0 Å². The third kappa shape index (κ3) is 6.33. The first-order chi connectivity index (χ1) is 6.63. The molecule has 90 valence electrons. The fraction of sp³-hybridized carbons (Fsp3) is 0.889. The highest BCUT2D eigenvalue weighted by Crippen LogP contribution is 2.17. The molecule has 0 aromatic carbocycles. The molecule has 15 heavy (non-hydrogen) atoms. The Morgan fingerprint density at radius 3 is 2.07 bits per heavy atom. The van der Waals surface area contributed by atoms with E-state index in [0.29, 0.717) is 0 Å². The van der Waals surface area contributed by atoms with Gasteiger partial charge in [0.05, 0.1) is 6.04 Å². The van der Waals surface area contributed by atoms with Gasteiger partial charge in [0.25, 0.3) is 0 Å². The number of hydrogen-bond acceptors (Lipinski definition) is 2. The largest absolute Gasteiger partial charge is 0.406 e. The third-order valence-electron chi connectivity index (χ3n) is 1.66. The van der Waals surface area contributed by atoms with Gasteiger partial charge in [0.15, 0.2) is 0 Å². The van der Waals surface area contributed by atoms with Crippen LogP contribution in [0.2, 0.25) is 0 Å². The molecule has 1 amide bonds. The first-order valence-electron chi connectivity index (χ1n) is 4.74. The van der Waals surface area contributed by atoms with Crippen molar-refractivity contribution in [1.82, 2.24) is 4.90 Å². The van der Waals surface area contributed by atoms with E-state index in [1.165, 1.54) is 6.92 Å². The molecule has 0 aliphatic rings. The van der Waals surface area contributed by atoms with Crippen LogP contribution < -0.4 is 5.73 Å². The van der Waals surface area contributed by atoms with Crippen molar-refractivity contribution >= 4 is 5.91 Å². The van der Waals surface area contributed by atoms with Crippen LogP contribution in [-0.4, -0.2) is 36.1 Å². The van der Waals surface area contributed by atoms with Crippen molar-refractivity contribution in [2.24, 2.45) is 11.7 Å². The molecular formula is C9H17F3N2O. The van der Waals surface area contributed by atoms with Gasteiger partial charge in [0, 0.05) is 6.54 Å². The van der Waals surface area contributed by atoms with Crippen molar-refractivity contribution in [2.75, 3.05) is 13.1 Å². The Morgan fingerprint density at radius 2 is 1.80 bits per heavy atom. The molecule has 0 heterocycles. The molecule has 0 bridgehead atoms. The average molecular weight is 226 g/mol. The molecule has 0 rings (SSSR count). The molecule has 6 heteroatoms. The van der Waals surface area contributed by atoms with E-state index in [1.807, 2.05) is 0 Å². The van der Waals surface area contributed by atoms with Gasteiger partial charge in [-0.1, -0.05) is 13.8 Å². The number of amides is 1. The number of carbonyl (C=O) groups is 1. The average Bonchev–Trinajstić information content (AvgIpc) is 1.97. The lowest BCUT2D eigenvalue weighted by atomic mass is 10.2. The van der Waals surface area contributed by atoms with Crippen LogP contribution in [0.3, 0.4) is 0 Å². The zero-order valence-corrected chi connectivity index (χ0v) is 9.14. The van der Waals surface area contributed by atoms with E-state index >= 15 is 0 Å². The van der Waals surface area contributed by atoms with Crippen LogP contribution in [0.5, 0.6) is 0 Å². The summed E-state index contributed by atoms with van der Waals surface area (Å²) in [7, 11) is 0. The van der Waals surface area contributed by atoms with Gasteiger partial charge in [-0.2, -0.15) is 13.2 Å². The number of nitrogens with zero attached hydrogens (tertiary/aromatic N) is 1. The Bertz CT molecular complexity index is 214. The quantitative estimate of drug-likeness (QED) is 0.787. The summed E-state index contributed by atoms with van der Waals surface area (Å²) in [4.78, 5) is 12.1. The minimum Gasteiger partial charge on any atom is -0.332 e. The van der Waals surface area contributed by atoms with Crippen molar-refractivity contribution < 1.29 is 18.0 Å². The van der Waals surface area contributed by atoms with E-state index in [0.717, 1.165) is 4.90 Å². The second-order valence-corrected chi connectivity index (χ2v) is 4.02. The zero-order chi connectivity index (χ0) is 12.2. The lowest BCUT2D eigenvalue weighted by Gasteiger charge is -2.27. The lowest BCUT2D eigenvalue weighted by molar-refractivity contribution is -0.162. The van der Waals surface area contributed by atoms with Gasteiger partial charge in [-0.3, -0.25) is 4.79 Å². The number of halogens is 3. The minimum atomic E-state index is -4.38. The number of hydrogen-bond donors (Lipinski definition) is 1. The number of rotatable bonds is 4. The van der Waals surface area contributed by atoms with E-state index in [2.05, 4.69) is 0 Å². The molecule has 0 aliphatic heterocycles. The lowest BCUT2D eigenvalue weighted by Crippen LogP contribution is -2.47. The SMILES string of the molecule is CC(C)CN(CC(F)(F)F)C(=O)[C@H](C)N. The molecule has 0 radical (unpaired) electrons. The second-order valence-electron chi connectivity index (χ2n) is 4.02. The van der Waals surface area contributed by atoms with E-state index in [1.54, 1.807) is 13.8 Å². The van der Waals surface area contributed by atoms with Crippen LogP contribution in [0, 0.1) is 5.92 Å². The van der Waals surface area contributed by atoms with Gasteiger partial charge in [0.2, 0.25) is 5.91 Å². The van der Waals surface area contributed by atoms with E-state index in [9.17, 15) is 18.0 Å². The Balaban J connectivity index is 4.52.